The van der Waals surface area contributed by atoms with Crippen LogP contribution in [0.4, 0.5) is 0 Å². The molecule has 0 aliphatic heterocycles. The smallest absolute Gasteiger partial charge is 0.154 e. The first-order valence-corrected chi connectivity index (χ1v) is 5.16. The van der Waals surface area contributed by atoms with E-state index in [1.54, 1.807) is 0 Å². The first-order chi connectivity index (χ1) is 6.83. The van der Waals surface area contributed by atoms with Gasteiger partial charge in [-0.25, -0.2) is 0 Å². The number of hydrogen-bond acceptors (Lipinski definition) is 2. The molecule has 0 heterocycles. The van der Waals surface area contributed by atoms with Crippen LogP contribution in [-0.4, -0.2) is 18.0 Å². The molecule has 1 rings (SSSR count). The summed E-state index contributed by atoms with van der Waals surface area (Å²) >= 11 is 0. The van der Waals surface area contributed by atoms with E-state index in [0.717, 1.165) is 12.8 Å². The molecule has 1 aromatic rings. The third kappa shape index (κ3) is 4.40. The minimum Gasteiger partial charge on any atom is -0.368 e. The van der Waals surface area contributed by atoms with Gasteiger partial charge < -0.3 is 9.84 Å². The molecule has 1 aromatic carbocycles. The largest absolute Gasteiger partial charge is 0.368 e. The second kappa shape index (κ2) is 6.57. The lowest BCUT2D eigenvalue weighted by Gasteiger charge is -2.09. The zero-order chi connectivity index (χ0) is 10.2. The quantitative estimate of drug-likeness (QED) is 0.704. The average molecular weight is 194 g/mol. The Morgan fingerprint density at radius 2 is 2.00 bits per heavy atom. The van der Waals surface area contributed by atoms with Crippen molar-refractivity contribution in [1.29, 1.82) is 0 Å². The number of hydrogen-bond donors (Lipinski definition) is 1. The molecule has 2 heteroatoms. The Kier molecular flexibility index (Phi) is 5.27. The minimum atomic E-state index is -0.594. The summed E-state index contributed by atoms with van der Waals surface area (Å²) in [4.78, 5) is 0. The van der Waals surface area contributed by atoms with E-state index in [9.17, 15) is 5.11 Å². The van der Waals surface area contributed by atoms with Crippen LogP contribution in [0.25, 0.3) is 0 Å². The Bertz CT molecular complexity index is 233. The molecule has 0 radical (unpaired) electrons. The van der Waals surface area contributed by atoms with E-state index in [-0.39, 0.29) is 0 Å². The highest BCUT2D eigenvalue weighted by Crippen LogP contribution is 2.06. The first kappa shape index (κ1) is 11.2. The summed E-state index contributed by atoms with van der Waals surface area (Å²) in [5, 5.41) is 9.30. The van der Waals surface area contributed by atoms with Gasteiger partial charge in [-0.05, 0) is 31.7 Å². The molecule has 14 heavy (non-hydrogen) atoms. The fourth-order valence-electron chi connectivity index (χ4n) is 1.40. The highest BCUT2D eigenvalue weighted by molar-refractivity contribution is 5.14. The van der Waals surface area contributed by atoms with Gasteiger partial charge in [0, 0.05) is 6.61 Å². The van der Waals surface area contributed by atoms with Gasteiger partial charge in [-0.15, -0.1) is 0 Å². The highest BCUT2D eigenvalue weighted by atomic mass is 16.6. The predicted octanol–water partition coefficient (Wildman–Crippen LogP) is 2.36. The van der Waals surface area contributed by atoms with Gasteiger partial charge in [0.2, 0.25) is 0 Å². The summed E-state index contributed by atoms with van der Waals surface area (Å²) in [7, 11) is 0. The fourth-order valence-corrected chi connectivity index (χ4v) is 1.40. The molecule has 0 bridgehead atoms. The lowest BCUT2D eigenvalue weighted by molar-refractivity contribution is -0.0990. The van der Waals surface area contributed by atoms with E-state index in [4.69, 9.17) is 4.74 Å². The van der Waals surface area contributed by atoms with E-state index in [1.807, 2.05) is 25.1 Å². The van der Waals surface area contributed by atoms with Crippen molar-refractivity contribution in [3.63, 3.8) is 0 Å². The topological polar surface area (TPSA) is 29.5 Å². The summed E-state index contributed by atoms with van der Waals surface area (Å²) < 4.78 is 5.04. The number of aliphatic hydroxyl groups is 1. The maximum Gasteiger partial charge on any atom is 0.154 e. The van der Waals surface area contributed by atoms with E-state index in [0.29, 0.717) is 13.0 Å². The molecule has 0 aromatic heterocycles. The van der Waals surface area contributed by atoms with E-state index in [1.165, 1.54) is 5.56 Å². The van der Waals surface area contributed by atoms with Crippen LogP contribution >= 0.6 is 0 Å². The third-order valence-corrected chi connectivity index (χ3v) is 2.12. The number of benzene rings is 1. The molecule has 1 unspecified atom stereocenters. The molecule has 0 saturated carbocycles. The number of aliphatic hydroxyl groups excluding tert-OH is 1. The van der Waals surface area contributed by atoms with Crippen molar-refractivity contribution in [1.82, 2.24) is 0 Å². The van der Waals surface area contributed by atoms with Crippen molar-refractivity contribution in [2.45, 2.75) is 32.5 Å². The van der Waals surface area contributed by atoms with Crippen LogP contribution in [0.2, 0.25) is 0 Å². The molecular weight excluding hydrogens is 176 g/mol. The minimum absolute atomic E-state index is 0.576. The van der Waals surface area contributed by atoms with Crippen LogP contribution in [0.5, 0.6) is 0 Å². The molecule has 1 atom stereocenters. The van der Waals surface area contributed by atoms with Crippen LogP contribution in [0.1, 0.15) is 25.3 Å². The van der Waals surface area contributed by atoms with Crippen molar-refractivity contribution < 1.29 is 9.84 Å². The van der Waals surface area contributed by atoms with Gasteiger partial charge in [0.1, 0.15) is 0 Å². The predicted molar refractivity (Wildman–Crippen MR) is 57.0 cm³/mol. The van der Waals surface area contributed by atoms with Gasteiger partial charge in [0.25, 0.3) is 0 Å². The van der Waals surface area contributed by atoms with E-state index in [2.05, 4.69) is 12.1 Å². The lowest BCUT2D eigenvalue weighted by Crippen LogP contribution is -2.11. The molecule has 0 amide bonds. The molecule has 0 aliphatic rings. The lowest BCUT2D eigenvalue weighted by atomic mass is 10.1. The number of aryl methyl sites for hydroxylation is 1. The van der Waals surface area contributed by atoms with Crippen LogP contribution in [-0.2, 0) is 11.2 Å². The second-order valence-electron chi connectivity index (χ2n) is 3.29. The monoisotopic (exact) mass is 194 g/mol. The maximum atomic E-state index is 9.30. The third-order valence-electron chi connectivity index (χ3n) is 2.12. The molecule has 0 aliphatic carbocycles. The summed E-state index contributed by atoms with van der Waals surface area (Å²) in [5.41, 5.74) is 1.32. The van der Waals surface area contributed by atoms with Gasteiger partial charge >= 0.3 is 0 Å². The SMILES string of the molecule is CCOC(O)CCCc1ccccc1. The molecule has 78 valence electrons. The standard InChI is InChI=1S/C12H18O2/c1-2-14-12(13)10-6-9-11-7-4-3-5-8-11/h3-5,7-8,12-13H,2,6,9-10H2,1H3. The zero-order valence-electron chi connectivity index (χ0n) is 8.65. The summed E-state index contributed by atoms with van der Waals surface area (Å²) in [5.74, 6) is 0. The average Bonchev–Trinajstić information content (AvgIpc) is 2.20. The van der Waals surface area contributed by atoms with Crippen molar-refractivity contribution in [3.05, 3.63) is 35.9 Å². The highest BCUT2D eigenvalue weighted by Gasteiger charge is 2.01. The Balaban J connectivity index is 2.16. The van der Waals surface area contributed by atoms with Crippen molar-refractivity contribution in [2.75, 3.05) is 6.61 Å². The van der Waals surface area contributed by atoms with Crippen molar-refractivity contribution >= 4 is 0 Å². The van der Waals surface area contributed by atoms with Gasteiger partial charge in [-0.3, -0.25) is 0 Å². The normalized spacial score (nSPS) is 12.7. The Morgan fingerprint density at radius 3 is 2.64 bits per heavy atom. The summed E-state index contributed by atoms with van der Waals surface area (Å²) in [6, 6.07) is 10.3. The maximum absolute atomic E-state index is 9.30. The van der Waals surface area contributed by atoms with Crippen LogP contribution in [0.15, 0.2) is 30.3 Å². The Hall–Kier alpha value is -0.860. The molecule has 2 nitrogen and oxygen atoms in total. The van der Waals surface area contributed by atoms with Crippen molar-refractivity contribution in [3.8, 4) is 0 Å². The van der Waals surface area contributed by atoms with Crippen LogP contribution in [0, 0.1) is 0 Å². The summed E-state index contributed by atoms with van der Waals surface area (Å²) in [6.07, 6.45) is 2.09. The van der Waals surface area contributed by atoms with E-state index < -0.39 is 6.29 Å². The fraction of sp³-hybridized carbons (Fsp3) is 0.500. The molecule has 0 saturated heterocycles. The molecule has 0 fully saturated rings. The number of ether oxygens (including phenoxy) is 1. The van der Waals surface area contributed by atoms with Gasteiger partial charge in [-0.1, -0.05) is 30.3 Å². The first-order valence-electron chi connectivity index (χ1n) is 5.16. The molecule has 0 spiro atoms. The molecule has 1 N–H and O–H groups in total. The Labute approximate surface area is 85.5 Å². The summed E-state index contributed by atoms with van der Waals surface area (Å²) in [6.45, 7) is 2.47. The second-order valence-corrected chi connectivity index (χ2v) is 3.29. The molecular formula is C12H18O2. The number of rotatable bonds is 6. The zero-order valence-corrected chi connectivity index (χ0v) is 8.65. The van der Waals surface area contributed by atoms with Crippen LogP contribution < -0.4 is 0 Å². The van der Waals surface area contributed by atoms with Crippen LogP contribution in [0.3, 0.4) is 0 Å². The Morgan fingerprint density at radius 1 is 1.29 bits per heavy atom. The van der Waals surface area contributed by atoms with E-state index >= 15 is 0 Å². The van der Waals surface area contributed by atoms with Crippen molar-refractivity contribution in [2.24, 2.45) is 0 Å². The van der Waals surface area contributed by atoms with Gasteiger partial charge in [-0.2, -0.15) is 0 Å². The van der Waals surface area contributed by atoms with Gasteiger partial charge in [0.15, 0.2) is 6.29 Å². The van der Waals surface area contributed by atoms with Gasteiger partial charge in [0.05, 0.1) is 0 Å².